The molecule has 0 N–H and O–H groups in total. The fourth-order valence-corrected chi connectivity index (χ4v) is 3.01. The summed E-state index contributed by atoms with van der Waals surface area (Å²) in [5.41, 5.74) is 1.87. The van der Waals surface area contributed by atoms with Crippen molar-refractivity contribution in [3.8, 4) is 5.69 Å². The SMILES string of the molecule is O=C(c1cnn(-c2ccccc2)n1)N(C[C@H]1CCCO1)c1ccncc1. The van der Waals surface area contributed by atoms with Crippen LogP contribution in [0.1, 0.15) is 23.3 Å². The molecule has 0 bridgehead atoms. The summed E-state index contributed by atoms with van der Waals surface area (Å²) in [6.45, 7) is 1.23. The van der Waals surface area contributed by atoms with Crippen molar-refractivity contribution in [2.45, 2.75) is 18.9 Å². The first-order valence-corrected chi connectivity index (χ1v) is 8.62. The van der Waals surface area contributed by atoms with Crippen molar-refractivity contribution in [3.63, 3.8) is 0 Å². The number of para-hydroxylation sites is 1. The Morgan fingerprint density at radius 3 is 2.73 bits per heavy atom. The number of pyridine rings is 1. The summed E-state index contributed by atoms with van der Waals surface area (Å²) >= 11 is 0. The van der Waals surface area contributed by atoms with Crippen molar-refractivity contribution in [2.24, 2.45) is 0 Å². The van der Waals surface area contributed by atoms with E-state index < -0.39 is 0 Å². The summed E-state index contributed by atoms with van der Waals surface area (Å²) in [6.07, 6.45) is 6.85. The lowest BCUT2D eigenvalue weighted by atomic mass is 10.2. The van der Waals surface area contributed by atoms with Gasteiger partial charge in [0, 0.05) is 24.7 Å². The highest BCUT2D eigenvalue weighted by Crippen LogP contribution is 2.20. The van der Waals surface area contributed by atoms with Crippen LogP contribution in [0.3, 0.4) is 0 Å². The van der Waals surface area contributed by atoms with Gasteiger partial charge in [-0.2, -0.15) is 9.90 Å². The minimum atomic E-state index is -0.200. The van der Waals surface area contributed by atoms with Crippen LogP contribution in [0.5, 0.6) is 0 Å². The van der Waals surface area contributed by atoms with Crippen LogP contribution in [-0.4, -0.2) is 45.1 Å². The van der Waals surface area contributed by atoms with Crippen LogP contribution in [0.15, 0.2) is 61.1 Å². The number of nitrogens with zero attached hydrogens (tertiary/aromatic N) is 5. The first-order valence-electron chi connectivity index (χ1n) is 8.62. The molecule has 26 heavy (non-hydrogen) atoms. The van der Waals surface area contributed by atoms with Gasteiger partial charge in [-0.15, -0.1) is 5.10 Å². The maximum Gasteiger partial charge on any atom is 0.280 e. The molecule has 0 spiro atoms. The maximum absolute atomic E-state index is 13.1. The van der Waals surface area contributed by atoms with Gasteiger partial charge in [0.25, 0.3) is 5.91 Å². The molecule has 1 fully saturated rings. The van der Waals surface area contributed by atoms with E-state index >= 15 is 0 Å². The molecule has 0 unspecified atom stereocenters. The maximum atomic E-state index is 13.1. The number of carbonyl (C=O) groups is 1. The van der Waals surface area contributed by atoms with Gasteiger partial charge in [0.1, 0.15) is 0 Å². The van der Waals surface area contributed by atoms with Crippen LogP contribution < -0.4 is 4.90 Å². The topological polar surface area (TPSA) is 73.1 Å². The third-order valence-corrected chi connectivity index (χ3v) is 4.33. The molecule has 1 saturated heterocycles. The summed E-state index contributed by atoms with van der Waals surface area (Å²) in [5, 5.41) is 8.59. The Hall–Kier alpha value is -3.06. The van der Waals surface area contributed by atoms with Crippen LogP contribution >= 0.6 is 0 Å². The molecule has 3 heterocycles. The highest BCUT2D eigenvalue weighted by Gasteiger charge is 2.26. The van der Waals surface area contributed by atoms with Crippen molar-refractivity contribution >= 4 is 11.6 Å². The quantitative estimate of drug-likeness (QED) is 0.707. The molecule has 1 atom stereocenters. The van der Waals surface area contributed by atoms with E-state index in [1.807, 2.05) is 42.5 Å². The highest BCUT2D eigenvalue weighted by molar-refractivity contribution is 6.04. The third-order valence-electron chi connectivity index (χ3n) is 4.33. The molecule has 1 aromatic carbocycles. The fraction of sp³-hybridized carbons (Fsp3) is 0.263. The van der Waals surface area contributed by atoms with Crippen LogP contribution in [0, 0.1) is 0 Å². The van der Waals surface area contributed by atoms with E-state index in [0.717, 1.165) is 30.8 Å². The number of ether oxygens (including phenoxy) is 1. The lowest BCUT2D eigenvalue weighted by Gasteiger charge is -2.24. The van der Waals surface area contributed by atoms with Gasteiger partial charge < -0.3 is 9.64 Å². The molecule has 1 aliphatic heterocycles. The van der Waals surface area contributed by atoms with Crippen LogP contribution in [-0.2, 0) is 4.74 Å². The van der Waals surface area contributed by atoms with Crippen LogP contribution in [0.2, 0.25) is 0 Å². The Kier molecular flexibility index (Phi) is 4.70. The molecule has 0 saturated carbocycles. The van der Waals surface area contributed by atoms with Crippen molar-refractivity contribution in [3.05, 3.63) is 66.7 Å². The molecule has 0 radical (unpaired) electrons. The van der Waals surface area contributed by atoms with E-state index in [0.29, 0.717) is 12.2 Å². The molecule has 7 nitrogen and oxygen atoms in total. The minimum Gasteiger partial charge on any atom is -0.376 e. The second-order valence-corrected chi connectivity index (χ2v) is 6.11. The zero-order valence-electron chi connectivity index (χ0n) is 14.2. The zero-order valence-corrected chi connectivity index (χ0v) is 14.2. The molecular formula is C19H19N5O2. The lowest BCUT2D eigenvalue weighted by Crippen LogP contribution is -2.37. The van der Waals surface area contributed by atoms with E-state index in [9.17, 15) is 4.79 Å². The average Bonchev–Trinajstić information content (AvgIpc) is 3.39. The largest absolute Gasteiger partial charge is 0.376 e. The molecule has 132 valence electrons. The second kappa shape index (κ2) is 7.45. The minimum absolute atomic E-state index is 0.0382. The molecule has 1 amide bonds. The van der Waals surface area contributed by atoms with E-state index in [-0.39, 0.29) is 12.0 Å². The number of hydrogen-bond donors (Lipinski definition) is 0. The number of rotatable bonds is 5. The molecule has 7 heteroatoms. The van der Waals surface area contributed by atoms with Gasteiger partial charge in [0.2, 0.25) is 0 Å². The van der Waals surface area contributed by atoms with Crippen molar-refractivity contribution in [1.29, 1.82) is 0 Å². The van der Waals surface area contributed by atoms with E-state index in [1.165, 1.54) is 11.0 Å². The van der Waals surface area contributed by atoms with Crippen LogP contribution in [0.4, 0.5) is 5.69 Å². The highest BCUT2D eigenvalue weighted by atomic mass is 16.5. The van der Waals surface area contributed by atoms with E-state index in [4.69, 9.17) is 4.74 Å². The molecule has 1 aliphatic rings. The molecule has 4 rings (SSSR count). The fourth-order valence-electron chi connectivity index (χ4n) is 3.01. The summed E-state index contributed by atoms with van der Waals surface area (Å²) < 4.78 is 5.71. The summed E-state index contributed by atoms with van der Waals surface area (Å²) in [6, 6.07) is 13.1. The van der Waals surface area contributed by atoms with Crippen molar-refractivity contribution in [1.82, 2.24) is 20.0 Å². The van der Waals surface area contributed by atoms with Crippen LogP contribution in [0.25, 0.3) is 5.69 Å². The summed E-state index contributed by atoms with van der Waals surface area (Å²) in [5.74, 6) is -0.200. The smallest absolute Gasteiger partial charge is 0.280 e. The number of amides is 1. The number of anilines is 1. The number of benzene rings is 1. The first-order chi connectivity index (χ1) is 12.8. The second-order valence-electron chi connectivity index (χ2n) is 6.11. The van der Waals surface area contributed by atoms with Gasteiger partial charge in [-0.05, 0) is 37.1 Å². The number of aromatic nitrogens is 4. The number of carbonyl (C=O) groups excluding carboxylic acids is 1. The van der Waals surface area contributed by atoms with Gasteiger partial charge in [0.15, 0.2) is 5.69 Å². The van der Waals surface area contributed by atoms with Gasteiger partial charge >= 0.3 is 0 Å². The van der Waals surface area contributed by atoms with Gasteiger partial charge in [-0.25, -0.2) is 0 Å². The van der Waals surface area contributed by atoms with Gasteiger partial charge in [0.05, 0.1) is 24.5 Å². The third kappa shape index (κ3) is 3.48. The molecule has 0 aliphatic carbocycles. The normalized spacial score (nSPS) is 16.5. The molecule has 3 aromatic rings. The monoisotopic (exact) mass is 349 g/mol. The van der Waals surface area contributed by atoms with Crippen molar-refractivity contribution < 1.29 is 9.53 Å². The standard InChI is InChI=1S/C19H19N5O2/c25-19(18-13-21-24(22-18)16-5-2-1-3-6-16)23(14-17-7-4-12-26-17)15-8-10-20-11-9-15/h1-3,5-6,8-11,13,17H,4,7,12,14H2/t17-/m1/s1. The summed E-state index contributed by atoms with van der Waals surface area (Å²) in [4.78, 5) is 20.3. The zero-order chi connectivity index (χ0) is 17.8. The Balaban J connectivity index is 1.61. The predicted octanol–water partition coefficient (Wildman–Crippen LogP) is 2.49. The van der Waals surface area contributed by atoms with Gasteiger partial charge in [-0.1, -0.05) is 18.2 Å². The Morgan fingerprint density at radius 1 is 1.19 bits per heavy atom. The Morgan fingerprint density at radius 2 is 2.00 bits per heavy atom. The Labute approximate surface area is 151 Å². The van der Waals surface area contributed by atoms with Crippen molar-refractivity contribution in [2.75, 3.05) is 18.1 Å². The number of hydrogen-bond acceptors (Lipinski definition) is 5. The average molecular weight is 349 g/mol. The van der Waals surface area contributed by atoms with E-state index in [2.05, 4.69) is 15.2 Å². The van der Waals surface area contributed by atoms with Gasteiger partial charge in [-0.3, -0.25) is 9.78 Å². The lowest BCUT2D eigenvalue weighted by molar-refractivity contribution is 0.0913. The Bertz CT molecular complexity index is 860. The first kappa shape index (κ1) is 16.4. The summed E-state index contributed by atoms with van der Waals surface area (Å²) in [7, 11) is 0. The molecule has 2 aromatic heterocycles. The predicted molar refractivity (Wildman–Crippen MR) is 96.2 cm³/mol. The molecular weight excluding hydrogens is 330 g/mol. The van der Waals surface area contributed by atoms with E-state index in [1.54, 1.807) is 17.3 Å².